The molecule has 0 bridgehead atoms. The van der Waals surface area contributed by atoms with Gasteiger partial charge in [0.2, 0.25) is 5.43 Å². The van der Waals surface area contributed by atoms with E-state index in [9.17, 15) is 9.59 Å². The molecule has 30 heavy (non-hydrogen) atoms. The molecule has 3 aromatic rings. The Morgan fingerprint density at radius 3 is 2.63 bits per heavy atom. The van der Waals surface area contributed by atoms with Crippen molar-refractivity contribution >= 4 is 38.3 Å². The maximum absolute atomic E-state index is 15.4. The number of nitrogens with two attached hydrogens (primary N) is 1. The summed E-state index contributed by atoms with van der Waals surface area (Å²) in [7, 11) is 1.50. The van der Waals surface area contributed by atoms with Gasteiger partial charge in [0, 0.05) is 24.7 Å². The third-order valence-corrected chi connectivity index (χ3v) is 7.35. The fourth-order valence-electron chi connectivity index (χ4n) is 4.66. The van der Waals surface area contributed by atoms with Gasteiger partial charge in [-0.3, -0.25) is 14.0 Å². The summed E-state index contributed by atoms with van der Waals surface area (Å²) < 4.78 is 25.8. The van der Waals surface area contributed by atoms with E-state index in [1.54, 1.807) is 0 Å². The molecule has 160 valence electrons. The molecule has 0 amide bonds. The first-order valence-corrected chi connectivity index (χ1v) is 11.0. The van der Waals surface area contributed by atoms with Crippen molar-refractivity contribution in [2.24, 2.45) is 11.7 Å². The number of nitrogens with one attached hydrogen (secondary N) is 1. The average Bonchev–Trinajstić information content (AvgIpc) is 3.25. The zero-order chi connectivity index (χ0) is 21.4. The quantitative estimate of drug-likeness (QED) is 0.661. The molecule has 3 N–H and O–H groups in total. The predicted molar refractivity (Wildman–Crippen MR) is 118 cm³/mol. The average molecular weight is 433 g/mol. The lowest BCUT2D eigenvalue weighted by Crippen LogP contribution is -2.42. The number of hydrogen-bond donors (Lipinski definition) is 2. The van der Waals surface area contributed by atoms with Crippen molar-refractivity contribution in [3.63, 3.8) is 0 Å². The zero-order valence-corrected chi connectivity index (χ0v) is 18.1. The SMILES string of the molecule is COc1c(N2CC[C@@H](C(C)(C)N)C2)c(F)cc2c(=O)c3c(=O)[nH]sc3n(C3CC3)c12. The summed E-state index contributed by atoms with van der Waals surface area (Å²) in [5, 5.41) is 0.283. The van der Waals surface area contributed by atoms with Crippen molar-refractivity contribution in [1.29, 1.82) is 0 Å². The van der Waals surface area contributed by atoms with Crippen LogP contribution in [0.25, 0.3) is 21.1 Å². The van der Waals surface area contributed by atoms with Crippen molar-refractivity contribution in [1.82, 2.24) is 8.94 Å². The summed E-state index contributed by atoms with van der Waals surface area (Å²) in [5.74, 6) is 0.0628. The van der Waals surface area contributed by atoms with E-state index in [2.05, 4.69) is 4.37 Å². The molecular weight excluding hydrogens is 407 g/mol. The van der Waals surface area contributed by atoms with Gasteiger partial charge in [-0.1, -0.05) is 0 Å². The van der Waals surface area contributed by atoms with Crippen LogP contribution in [0.15, 0.2) is 15.7 Å². The molecule has 2 aromatic heterocycles. The van der Waals surface area contributed by atoms with Crippen LogP contribution in [0.1, 0.15) is 39.2 Å². The molecule has 5 rings (SSSR count). The topological polar surface area (TPSA) is 93.3 Å². The highest BCUT2D eigenvalue weighted by molar-refractivity contribution is 7.12. The normalized spacial score (nSPS) is 19.9. The van der Waals surface area contributed by atoms with Crippen LogP contribution >= 0.6 is 11.5 Å². The third kappa shape index (κ3) is 2.79. The van der Waals surface area contributed by atoms with E-state index in [0.29, 0.717) is 34.9 Å². The van der Waals surface area contributed by atoms with Crippen LogP contribution in [-0.2, 0) is 0 Å². The Morgan fingerprint density at radius 2 is 2.03 bits per heavy atom. The Hall–Kier alpha value is -2.39. The monoisotopic (exact) mass is 432 g/mol. The molecule has 1 atom stereocenters. The molecule has 2 aliphatic rings. The van der Waals surface area contributed by atoms with E-state index < -0.39 is 16.8 Å². The lowest BCUT2D eigenvalue weighted by molar-refractivity contribution is 0.348. The fraction of sp³-hybridized carbons (Fsp3) is 0.524. The number of pyridine rings is 1. The number of rotatable bonds is 4. The van der Waals surface area contributed by atoms with E-state index in [1.807, 2.05) is 23.3 Å². The molecule has 3 heterocycles. The number of H-pyrrole nitrogens is 1. The molecule has 0 unspecified atom stereocenters. The maximum Gasteiger partial charge on any atom is 0.271 e. The Labute approximate surface area is 176 Å². The summed E-state index contributed by atoms with van der Waals surface area (Å²) in [6.45, 7) is 5.27. The Morgan fingerprint density at radius 1 is 1.30 bits per heavy atom. The fourth-order valence-corrected chi connectivity index (χ4v) is 5.58. The molecule has 0 radical (unpaired) electrons. The highest BCUT2D eigenvalue weighted by Gasteiger charge is 2.37. The number of aromatic amines is 1. The predicted octanol–water partition coefficient (Wildman–Crippen LogP) is 2.95. The second kappa shape index (κ2) is 6.55. The van der Waals surface area contributed by atoms with Gasteiger partial charge < -0.3 is 19.9 Å². The molecule has 0 spiro atoms. The number of ether oxygens (including phenoxy) is 1. The van der Waals surface area contributed by atoms with Crippen LogP contribution < -0.4 is 26.4 Å². The molecule has 9 heteroatoms. The van der Waals surface area contributed by atoms with Gasteiger partial charge in [-0.2, -0.15) is 0 Å². The number of aromatic nitrogens is 2. The number of nitrogens with zero attached hydrogens (tertiary/aromatic N) is 2. The van der Waals surface area contributed by atoms with Gasteiger partial charge in [-0.05, 0) is 56.6 Å². The van der Waals surface area contributed by atoms with E-state index in [1.165, 1.54) is 13.2 Å². The molecule has 1 saturated heterocycles. The summed E-state index contributed by atoms with van der Waals surface area (Å²) >= 11 is 1.15. The molecular formula is C21H25FN4O3S. The van der Waals surface area contributed by atoms with Gasteiger partial charge in [0.25, 0.3) is 5.56 Å². The number of fused-ring (bicyclic) bond motifs is 2. The summed E-state index contributed by atoms with van der Waals surface area (Å²) in [6.07, 6.45) is 2.75. The zero-order valence-electron chi connectivity index (χ0n) is 17.3. The molecule has 1 saturated carbocycles. The van der Waals surface area contributed by atoms with Crippen LogP contribution in [0.5, 0.6) is 5.75 Å². The number of methoxy groups -OCH3 is 1. The standard InChI is InChI=1S/C21H25FN4O3S/c1-21(2,23)10-6-7-25(9-10)16-13(22)8-12-15(18(16)29-3)26(11-4-5-11)20-14(17(12)27)19(28)24-30-20/h8,10-11H,4-7,9,23H2,1-3H3,(H,24,28)/t10-/m1/s1. The number of anilines is 1. The van der Waals surface area contributed by atoms with Gasteiger partial charge in [-0.15, -0.1) is 0 Å². The van der Waals surface area contributed by atoms with Crippen molar-refractivity contribution in [3.8, 4) is 5.75 Å². The molecule has 1 aliphatic heterocycles. The first-order chi connectivity index (χ1) is 14.2. The van der Waals surface area contributed by atoms with E-state index >= 15 is 4.39 Å². The lowest BCUT2D eigenvalue weighted by Gasteiger charge is -2.28. The highest BCUT2D eigenvalue weighted by atomic mass is 32.1. The van der Waals surface area contributed by atoms with E-state index in [0.717, 1.165) is 30.8 Å². The Bertz CT molecular complexity index is 1280. The van der Waals surface area contributed by atoms with Gasteiger partial charge in [0.1, 0.15) is 15.9 Å². The van der Waals surface area contributed by atoms with Crippen LogP contribution in [-0.4, -0.2) is 34.7 Å². The maximum atomic E-state index is 15.4. The first kappa shape index (κ1) is 19.6. The van der Waals surface area contributed by atoms with Gasteiger partial charge in [0.05, 0.1) is 18.0 Å². The number of benzene rings is 1. The molecule has 2 fully saturated rings. The van der Waals surface area contributed by atoms with Crippen LogP contribution in [0.3, 0.4) is 0 Å². The summed E-state index contributed by atoms with van der Waals surface area (Å²) in [6, 6.07) is 1.44. The minimum Gasteiger partial charge on any atom is -0.492 e. The lowest BCUT2D eigenvalue weighted by atomic mass is 9.88. The van der Waals surface area contributed by atoms with Crippen molar-refractivity contribution in [2.75, 3.05) is 25.1 Å². The minimum atomic E-state index is -0.514. The van der Waals surface area contributed by atoms with Crippen molar-refractivity contribution in [2.45, 2.75) is 44.7 Å². The van der Waals surface area contributed by atoms with Crippen LogP contribution in [0.2, 0.25) is 0 Å². The van der Waals surface area contributed by atoms with Gasteiger partial charge >= 0.3 is 0 Å². The first-order valence-electron chi connectivity index (χ1n) is 10.2. The molecule has 1 aliphatic carbocycles. The van der Waals surface area contributed by atoms with Crippen molar-refractivity contribution in [3.05, 3.63) is 32.5 Å². The molecule has 7 nitrogen and oxygen atoms in total. The smallest absolute Gasteiger partial charge is 0.271 e. The summed E-state index contributed by atoms with van der Waals surface area (Å²) in [5.41, 5.74) is 6.00. The third-order valence-electron chi connectivity index (χ3n) is 6.47. The number of halogens is 1. The van der Waals surface area contributed by atoms with Gasteiger partial charge in [-0.25, -0.2) is 4.39 Å². The van der Waals surface area contributed by atoms with E-state index in [4.69, 9.17) is 10.5 Å². The molecule has 1 aromatic carbocycles. The largest absolute Gasteiger partial charge is 0.492 e. The minimum absolute atomic E-state index is 0.0970. The van der Waals surface area contributed by atoms with E-state index in [-0.39, 0.29) is 28.3 Å². The second-order valence-corrected chi connectivity index (χ2v) is 9.83. The Balaban J connectivity index is 1.82. The summed E-state index contributed by atoms with van der Waals surface area (Å²) in [4.78, 5) is 28.0. The second-order valence-electron chi connectivity index (χ2n) is 9.03. The van der Waals surface area contributed by atoms with Crippen molar-refractivity contribution < 1.29 is 9.13 Å². The van der Waals surface area contributed by atoms with Crippen LogP contribution in [0.4, 0.5) is 10.1 Å². The van der Waals surface area contributed by atoms with Crippen LogP contribution in [0, 0.1) is 11.7 Å². The Kier molecular flexibility index (Phi) is 4.27. The number of hydrogen-bond acceptors (Lipinski definition) is 6. The highest BCUT2D eigenvalue weighted by Crippen LogP contribution is 2.46. The van der Waals surface area contributed by atoms with Gasteiger partial charge in [0.15, 0.2) is 11.6 Å².